The number of aliphatic hydroxyl groups is 2. The number of carbonyl (C=O) groups is 2. The molecule has 8 heteroatoms. The van der Waals surface area contributed by atoms with Crippen LogP contribution in [-0.4, -0.2) is 74.0 Å². The van der Waals surface area contributed by atoms with Gasteiger partial charge in [-0.2, -0.15) is 0 Å². The maximum absolute atomic E-state index is 13.7. The molecule has 57 heavy (non-hydrogen) atoms. The van der Waals surface area contributed by atoms with Crippen LogP contribution in [0.5, 0.6) is 0 Å². The molecule has 0 bridgehead atoms. The molecule has 10 atom stereocenters. The molecule has 0 heterocycles. The van der Waals surface area contributed by atoms with Crippen molar-refractivity contribution in [2.45, 2.75) is 177 Å². The van der Waals surface area contributed by atoms with E-state index in [1.807, 2.05) is 0 Å². The summed E-state index contributed by atoms with van der Waals surface area (Å²) < 4.78 is 23.0. The minimum atomic E-state index is -0.895. The third-order valence-corrected chi connectivity index (χ3v) is 16.9. The van der Waals surface area contributed by atoms with Gasteiger partial charge in [-0.15, -0.1) is 0 Å². The molecule has 2 N–H and O–H groups in total. The highest BCUT2D eigenvalue weighted by molar-refractivity contribution is 5.78. The van der Waals surface area contributed by atoms with Crippen LogP contribution in [0, 0.1) is 57.2 Å². The van der Waals surface area contributed by atoms with Crippen LogP contribution in [0.2, 0.25) is 0 Å². The maximum atomic E-state index is 13.7. The number of hydrogen-bond donors (Lipinski definition) is 2. The lowest BCUT2D eigenvalue weighted by Crippen LogP contribution is -2.52. The Kier molecular flexibility index (Phi) is 14.5. The monoisotopic (exact) mass is 797 g/mol. The lowest BCUT2D eigenvalue weighted by molar-refractivity contribution is -0.170. The Balaban J connectivity index is 0.859. The minimum absolute atomic E-state index is 0.0616. The smallest absolute Gasteiger partial charge is 0.312 e. The average Bonchev–Trinajstić information content (AvgIpc) is 3.17. The SMILES string of the molecule is CC(C)C1CCC2=C(CCC3C(C)(C(=O)OCC(O)COCCCOCC(O)COC(=O)C4(C)CCCC5(C)C6=C(CCC45)CC(C(C)C)CC6)CCCC23C)C1. The van der Waals surface area contributed by atoms with Crippen molar-refractivity contribution in [3.8, 4) is 0 Å². The lowest BCUT2D eigenvalue weighted by atomic mass is 9.48. The first-order chi connectivity index (χ1) is 27.0. The molecule has 6 aliphatic carbocycles. The van der Waals surface area contributed by atoms with Crippen molar-refractivity contribution in [2.24, 2.45) is 57.2 Å². The number of allylic oxidation sites excluding steroid dienone is 4. The van der Waals surface area contributed by atoms with Crippen LogP contribution in [0.3, 0.4) is 0 Å². The van der Waals surface area contributed by atoms with E-state index in [4.69, 9.17) is 18.9 Å². The number of rotatable bonds is 16. The third kappa shape index (κ3) is 9.30. The average molecular weight is 797 g/mol. The Hall–Kier alpha value is -1.74. The molecular weight excluding hydrogens is 717 g/mol. The maximum Gasteiger partial charge on any atom is 0.312 e. The zero-order valence-electron chi connectivity index (χ0n) is 37.2. The molecule has 6 aliphatic rings. The Bertz CT molecular complexity index is 1370. The van der Waals surface area contributed by atoms with Crippen molar-refractivity contribution >= 4 is 11.9 Å². The first-order valence-corrected chi connectivity index (χ1v) is 23.3. The molecule has 8 nitrogen and oxygen atoms in total. The highest BCUT2D eigenvalue weighted by Gasteiger charge is 2.58. The zero-order valence-corrected chi connectivity index (χ0v) is 37.2. The number of fused-ring (bicyclic) bond motifs is 4. The van der Waals surface area contributed by atoms with Gasteiger partial charge >= 0.3 is 11.9 Å². The van der Waals surface area contributed by atoms with Gasteiger partial charge < -0.3 is 29.2 Å². The molecular formula is C49H80O8. The molecule has 2 fully saturated rings. The summed E-state index contributed by atoms with van der Waals surface area (Å²) in [6.45, 7) is 19.2. The lowest BCUT2D eigenvalue weighted by Gasteiger charge is -2.56. The van der Waals surface area contributed by atoms with E-state index in [2.05, 4.69) is 55.4 Å². The fraction of sp³-hybridized carbons (Fsp3) is 0.878. The van der Waals surface area contributed by atoms with Gasteiger partial charge in [0, 0.05) is 13.2 Å². The molecule has 0 saturated heterocycles. The summed E-state index contributed by atoms with van der Waals surface area (Å²) in [5, 5.41) is 21.2. The van der Waals surface area contributed by atoms with E-state index in [9.17, 15) is 19.8 Å². The summed E-state index contributed by atoms with van der Waals surface area (Å²) in [5.41, 5.74) is 5.69. The van der Waals surface area contributed by atoms with Gasteiger partial charge in [0.25, 0.3) is 0 Å². The summed E-state index contributed by atoms with van der Waals surface area (Å²) in [6, 6.07) is 0. The van der Waals surface area contributed by atoms with Gasteiger partial charge in [0.1, 0.15) is 25.4 Å². The molecule has 0 aromatic carbocycles. The Morgan fingerprint density at radius 3 is 1.39 bits per heavy atom. The van der Waals surface area contributed by atoms with Crippen LogP contribution in [0.15, 0.2) is 22.3 Å². The van der Waals surface area contributed by atoms with Crippen LogP contribution in [0.4, 0.5) is 0 Å². The predicted octanol–water partition coefficient (Wildman–Crippen LogP) is 9.94. The Labute approximate surface area is 345 Å². The fourth-order valence-electron chi connectivity index (χ4n) is 13.5. The number of esters is 2. The van der Waals surface area contributed by atoms with Crippen molar-refractivity contribution in [1.82, 2.24) is 0 Å². The second-order valence-corrected chi connectivity index (χ2v) is 21.2. The van der Waals surface area contributed by atoms with Crippen LogP contribution >= 0.6 is 0 Å². The summed E-state index contributed by atoms with van der Waals surface area (Å²) in [6.07, 6.45) is 16.4. The molecule has 324 valence electrons. The van der Waals surface area contributed by atoms with Gasteiger partial charge in [0.15, 0.2) is 0 Å². The quantitative estimate of drug-likeness (QED) is 0.0903. The van der Waals surface area contributed by atoms with E-state index in [1.54, 1.807) is 22.3 Å². The molecule has 0 aromatic rings. The summed E-state index contributed by atoms with van der Waals surface area (Å²) in [7, 11) is 0. The molecule has 0 aliphatic heterocycles. The highest BCUT2D eigenvalue weighted by atomic mass is 16.6. The molecule has 0 radical (unpaired) electrons. The predicted molar refractivity (Wildman–Crippen MR) is 224 cm³/mol. The topological polar surface area (TPSA) is 112 Å². The summed E-state index contributed by atoms with van der Waals surface area (Å²) in [5.74, 6) is 3.18. The Morgan fingerprint density at radius 2 is 1.00 bits per heavy atom. The van der Waals surface area contributed by atoms with E-state index in [0.29, 0.717) is 31.5 Å². The van der Waals surface area contributed by atoms with Gasteiger partial charge in [-0.3, -0.25) is 9.59 Å². The van der Waals surface area contributed by atoms with E-state index < -0.39 is 23.0 Å². The van der Waals surface area contributed by atoms with Crippen LogP contribution < -0.4 is 0 Å². The van der Waals surface area contributed by atoms with Gasteiger partial charge in [-0.25, -0.2) is 0 Å². The van der Waals surface area contributed by atoms with Gasteiger partial charge in [-0.05, 0) is 156 Å². The van der Waals surface area contributed by atoms with E-state index in [1.165, 1.54) is 38.5 Å². The van der Waals surface area contributed by atoms with Crippen molar-refractivity contribution in [1.29, 1.82) is 0 Å². The van der Waals surface area contributed by atoms with Crippen molar-refractivity contribution in [3.05, 3.63) is 22.3 Å². The first kappa shape index (κ1) is 44.8. The van der Waals surface area contributed by atoms with E-state index >= 15 is 0 Å². The van der Waals surface area contributed by atoms with E-state index in [0.717, 1.165) is 76.0 Å². The third-order valence-electron chi connectivity index (χ3n) is 16.9. The molecule has 0 spiro atoms. The first-order valence-electron chi connectivity index (χ1n) is 23.3. The fourth-order valence-corrected chi connectivity index (χ4v) is 13.5. The normalized spacial score (nSPS) is 36.6. The number of hydrogen-bond acceptors (Lipinski definition) is 8. The van der Waals surface area contributed by atoms with E-state index in [-0.39, 0.29) is 61.0 Å². The zero-order chi connectivity index (χ0) is 41.2. The second-order valence-electron chi connectivity index (χ2n) is 21.2. The van der Waals surface area contributed by atoms with Crippen molar-refractivity contribution in [3.63, 3.8) is 0 Å². The van der Waals surface area contributed by atoms with Crippen LogP contribution in [0.1, 0.15) is 165 Å². The minimum Gasteiger partial charge on any atom is -0.462 e. The van der Waals surface area contributed by atoms with Gasteiger partial charge in [0.05, 0.1) is 24.0 Å². The molecule has 0 aromatic heterocycles. The summed E-state index contributed by atoms with van der Waals surface area (Å²) in [4.78, 5) is 27.4. The molecule has 2 saturated carbocycles. The standard InChI is InChI=1S/C49H80O8/c1-32(2)34-12-16-40-36(26-34)14-18-42-46(40,5)20-9-22-48(42,7)44(52)56-30-38(50)28-54-24-11-25-55-29-39(51)31-57-45(53)49(8)23-10-21-47(6)41-17-13-35(33(3)4)27-37(41)15-19-43(47)49/h32-35,38-39,42-43,50-51H,9-31H2,1-8H3. The highest BCUT2D eigenvalue weighted by Crippen LogP contribution is 2.64. The van der Waals surface area contributed by atoms with Crippen molar-refractivity contribution < 1.29 is 38.7 Å². The number of ether oxygens (including phenoxy) is 4. The van der Waals surface area contributed by atoms with Crippen LogP contribution in [-0.2, 0) is 28.5 Å². The molecule has 10 unspecified atom stereocenters. The van der Waals surface area contributed by atoms with Gasteiger partial charge in [-0.1, -0.05) is 76.7 Å². The van der Waals surface area contributed by atoms with Gasteiger partial charge in [0.2, 0.25) is 0 Å². The Morgan fingerprint density at radius 1 is 0.596 bits per heavy atom. The second kappa shape index (κ2) is 18.5. The summed E-state index contributed by atoms with van der Waals surface area (Å²) >= 11 is 0. The molecule has 0 amide bonds. The van der Waals surface area contributed by atoms with Crippen LogP contribution in [0.25, 0.3) is 0 Å². The largest absolute Gasteiger partial charge is 0.462 e. The number of carbonyl (C=O) groups excluding carboxylic acids is 2. The number of aliphatic hydroxyl groups excluding tert-OH is 2. The molecule has 6 rings (SSSR count). The van der Waals surface area contributed by atoms with Crippen molar-refractivity contribution in [2.75, 3.05) is 39.6 Å².